The van der Waals surface area contributed by atoms with Gasteiger partial charge < -0.3 is 10.1 Å². The fraction of sp³-hybridized carbons (Fsp3) is 0.727. The van der Waals surface area contributed by atoms with Gasteiger partial charge in [0.1, 0.15) is 5.01 Å². The standard InChI is InChI=1S/C11H18N2OS/c1-9-8-15-11(13-9)7-12-6-10-4-2-3-5-14-10/h8,10,12H,2-7H2,1H3. The number of ether oxygens (including phenoxy) is 1. The molecule has 0 saturated carbocycles. The van der Waals surface area contributed by atoms with Gasteiger partial charge in [-0.05, 0) is 26.2 Å². The van der Waals surface area contributed by atoms with Crippen LogP contribution in [0.5, 0.6) is 0 Å². The summed E-state index contributed by atoms with van der Waals surface area (Å²) in [6.07, 6.45) is 4.15. The number of nitrogens with one attached hydrogen (secondary N) is 1. The molecule has 0 spiro atoms. The van der Waals surface area contributed by atoms with E-state index in [0.717, 1.165) is 25.4 Å². The Kier molecular flexibility index (Phi) is 4.11. The molecule has 2 heterocycles. The van der Waals surface area contributed by atoms with E-state index in [4.69, 9.17) is 4.74 Å². The molecule has 3 nitrogen and oxygen atoms in total. The zero-order valence-electron chi connectivity index (χ0n) is 9.16. The van der Waals surface area contributed by atoms with Crippen molar-refractivity contribution in [3.8, 4) is 0 Å². The molecule has 15 heavy (non-hydrogen) atoms. The first kappa shape index (κ1) is 11.0. The van der Waals surface area contributed by atoms with Crippen LogP contribution in [-0.2, 0) is 11.3 Å². The minimum Gasteiger partial charge on any atom is -0.377 e. The van der Waals surface area contributed by atoms with Gasteiger partial charge in [-0.25, -0.2) is 4.98 Å². The van der Waals surface area contributed by atoms with Gasteiger partial charge in [0.25, 0.3) is 0 Å². The molecular formula is C11H18N2OS. The van der Waals surface area contributed by atoms with Crippen LogP contribution in [0.3, 0.4) is 0 Å². The third-order valence-corrected chi connectivity index (χ3v) is 3.56. The summed E-state index contributed by atoms with van der Waals surface area (Å²) in [4.78, 5) is 4.41. The van der Waals surface area contributed by atoms with Crippen LogP contribution in [0.2, 0.25) is 0 Å². The minimum absolute atomic E-state index is 0.416. The van der Waals surface area contributed by atoms with Crippen molar-refractivity contribution in [2.75, 3.05) is 13.2 Å². The fourth-order valence-electron chi connectivity index (χ4n) is 1.79. The maximum absolute atomic E-state index is 5.64. The Labute approximate surface area is 94.9 Å². The molecule has 1 aliphatic rings. The third kappa shape index (κ3) is 3.55. The van der Waals surface area contributed by atoms with Gasteiger partial charge >= 0.3 is 0 Å². The molecule has 2 rings (SSSR count). The lowest BCUT2D eigenvalue weighted by Crippen LogP contribution is -2.31. The molecule has 0 aromatic carbocycles. The highest BCUT2D eigenvalue weighted by Crippen LogP contribution is 2.12. The van der Waals surface area contributed by atoms with E-state index in [2.05, 4.69) is 15.7 Å². The highest BCUT2D eigenvalue weighted by Gasteiger charge is 2.12. The summed E-state index contributed by atoms with van der Waals surface area (Å²) in [7, 11) is 0. The lowest BCUT2D eigenvalue weighted by atomic mass is 10.1. The summed E-state index contributed by atoms with van der Waals surface area (Å²) < 4.78 is 5.64. The largest absolute Gasteiger partial charge is 0.377 e. The van der Waals surface area contributed by atoms with Crippen LogP contribution in [0.25, 0.3) is 0 Å². The average Bonchev–Trinajstić information content (AvgIpc) is 2.66. The van der Waals surface area contributed by atoms with Crippen molar-refractivity contribution >= 4 is 11.3 Å². The van der Waals surface area contributed by atoms with Crippen LogP contribution in [0.4, 0.5) is 0 Å². The number of hydrogen-bond donors (Lipinski definition) is 1. The molecule has 84 valence electrons. The second kappa shape index (κ2) is 5.58. The monoisotopic (exact) mass is 226 g/mol. The van der Waals surface area contributed by atoms with E-state index >= 15 is 0 Å². The van der Waals surface area contributed by atoms with E-state index in [1.54, 1.807) is 11.3 Å². The summed E-state index contributed by atoms with van der Waals surface area (Å²) >= 11 is 1.72. The molecule has 0 amide bonds. The van der Waals surface area contributed by atoms with Crippen molar-refractivity contribution in [3.63, 3.8) is 0 Å². The van der Waals surface area contributed by atoms with Crippen LogP contribution in [0, 0.1) is 6.92 Å². The molecule has 1 fully saturated rings. The minimum atomic E-state index is 0.416. The van der Waals surface area contributed by atoms with Gasteiger partial charge in [0.15, 0.2) is 0 Å². The van der Waals surface area contributed by atoms with E-state index in [0.29, 0.717) is 6.10 Å². The second-order valence-electron chi connectivity index (χ2n) is 4.00. The highest BCUT2D eigenvalue weighted by atomic mass is 32.1. The van der Waals surface area contributed by atoms with E-state index in [1.807, 2.05) is 6.92 Å². The molecule has 4 heteroatoms. The van der Waals surface area contributed by atoms with Crippen molar-refractivity contribution in [2.24, 2.45) is 0 Å². The molecular weight excluding hydrogens is 208 g/mol. The zero-order valence-corrected chi connectivity index (χ0v) is 9.98. The first-order valence-corrected chi connectivity index (χ1v) is 6.46. The third-order valence-electron chi connectivity index (χ3n) is 2.59. The maximum Gasteiger partial charge on any atom is 0.107 e. The topological polar surface area (TPSA) is 34.1 Å². The van der Waals surface area contributed by atoms with E-state index in [1.165, 1.54) is 24.3 Å². The molecule has 1 atom stereocenters. The zero-order chi connectivity index (χ0) is 10.5. The van der Waals surface area contributed by atoms with Crippen molar-refractivity contribution < 1.29 is 4.74 Å². The summed E-state index contributed by atoms with van der Waals surface area (Å²) in [6, 6.07) is 0. The van der Waals surface area contributed by atoms with Gasteiger partial charge in [-0.2, -0.15) is 0 Å². The molecule has 1 aliphatic heterocycles. The van der Waals surface area contributed by atoms with Gasteiger partial charge in [0.2, 0.25) is 0 Å². The molecule has 1 aromatic heterocycles. The summed E-state index contributed by atoms with van der Waals surface area (Å²) in [6.45, 7) is 4.80. The van der Waals surface area contributed by atoms with Crippen molar-refractivity contribution in [2.45, 2.75) is 38.8 Å². The van der Waals surface area contributed by atoms with Gasteiger partial charge in [-0.1, -0.05) is 0 Å². The predicted molar refractivity (Wildman–Crippen MR) is 62.1 cm³/mol. The average molecular weight is 226 g/mol. The predicted octanol–water partition coefficient (Wildman–Crippen LogP) is 2.11. The van der Waals surface area contributed by atoms with Crippen LogP contribution in [0.15, 0.2) is 5.38 Å². The van der Waals surface area contributed by atoms with Crippen LogP contribution in [0.1, 0.15) is 30.0 Å². The number of nitrogens with zero attached hydrogens (tertiary/aromatic N) is 1. The Balaban J connectivity index is 1.65. The van der Waals surface area contributed by atoms with Crippen LogP contribution >= 0.6 is 11.3 Å². The Morgan fingerprint density at radius 1 is 1.60 bits per heavy atom. The molecule has 0 aliphatic carbocycles. The molecule has 1 N–H and O–H groups in total. The second-order valence-corrected chi connectivity index (χ2v) is 4.94. The summed E-state index contributed by atoms with van der Waals surface area (Å²) in [5, 5.41) is 6.67. The first-order valence-electron chi connectivity index (χ1n) is 5.58. The lowest BCUT2D eigenvalue weighted by Gasteiger charge is -2.22. The van der Waals surface area contributed by atoms with Crippen LogP contribution < -0.4 is 5.32 Å². The maximum atomic E-state index is 5.64. The van der Waals surface area contributed by atoms with E-state index in [-0.39, 0.29) is 0 Å². The Morgan fingerprint density at radius 2 is 2.53 bits per heavy atom. The number of hydrogen-bond acceptors (Lipinski definition) is 4. The van der Waals surface area contributed by atoms with Gasteiger partial charge in [0.05, 0.1) is 6.10 Å². The fourth-order valence-corrected chi connectivity index (χ4v) is 2.53. The quantitative estimate of drug-likeness (QED) is 0.854. The number of rotatable bonds is 4. The molecule has 1 saturated heterocycles. The molecule has 1 aromatic rings. The number of thiazole rings is 1. The molecule has 0 radical (unpaired) electrons. The Bertz CT molecular complexity index is 295. The Morgan fingerprint density at radius 3 is 3.20 bits per heavy atom. The van der Waals surface area contributed by atoms with Crippen molar-refractivity contribution in [1.29, 1.82) is 0 Å². The van der Waals surface area contributed by atoms with Crippen LogP contribution in [-0.4, -0.2) is 24.2 Å². The Hall–Kier alpha value is -0.450. The lowest BCUT2D eigenvalue weighted by molar-refractivity contribution is 0.0168. The van der Waals surface area contributed by atoms with E-state index < -0.39 is 0 Å². The summed E-state index contributed by atoms with van der Waals surface area (Å²) in [5.74, 6) is 0. The molecule has 1 unspecified atom stereocenters. The number of aryl methyl sites for hydroxylation is 1. The van der Waals surface area contributed by atoms with E-state index in [9.17, 15) is 0 Å². The summed E-state index contributed by atoms with van der Waals surface area (Å²) in [5.41, 5.74) is 1.12. The SMILES string of the molecule is Cc1csc(CNCC2CCCCO2)n1. The van der Waals surface area contributed by atoms with Gasteiger partial charge in [-0.3, -0.25) is 0 Å². The van der Waals surface area contributed by atoms with Gasteiger partial charge in [0, 0.05) is 30.8 Å². The van der Waals surface area contributed by atoms with Crippen molar-refractivity contribution in [3.05, 3.63) is 16.1 Å². The normalized spacial score (nSPS) is 21.8. The highest BCUT2D eigenvalue weighted by molar-refractivity contribution is 7.09. The first-order chi connectivity index (χ1) is 7.34. The van der Waals surface area contributed by atoms with Crippen molar-refractivity contribution in [1.82, 2.24) is 10.3 Å². The number of aromatic nitrogens is 1. The molecule has 0 bridgehead atoms. The van der Waals surface area contributed by atoms with Gasteiger partial charge in [-0.15, -0.1) is 11.3 Å². The smallest absolute Gasteiger partial charge is 0.107 e.